The first kappa shape index (κ1) is 19.9. The molecule has 1 aromatic heterocycles. The van der Waals surface area contributed by atoms with E-state index in [9.17, 15) is 9.59 Å². The van der Waals surface area contributed by atoms with Crippen LogP contribution in [0.1, 0.15) is 25.0 Å². The molecule has 2 heterocycles. The van der Waals surface area contributed by atoms with E-state index < -0.39 is 12.0 Å². The van der Waals surface area contributed by atoms with E-state index >= 15 is 0 Å². The van der Waals surface area contributed by atoms with E-state index in [4.69, 9.17) is 4.74 Å². The number of aromatic nitrogens is 4. The van der Waals surface area contributed by atoms with Gasteiger partial charge in [-0.3, -0.25) is 0 Å². The molecule has 2 amide bonds. The number of thioether (sulfide) groups is 1. The van der Waals surface area contributed by atoms with Crippen LogP contribution in [0.15, 0.2) is 34.6 Å². The molecule has 10 heteroatoms. The fourth-order valence-electron chi connectivity index (χ4n) is 3.08. The predicted octanol–water partition coefficient (Wildman–Crippen LogP) is 1.89. The third kappa shape index (κ3) is 4.01. The lowest BCUT2D eigenvalue weighted by Crippen LogP contribution is -2.49. The van der Waals surface area contributed by atoms with Crippen LogP contribution >= 0.6 is 11.8 Å². The molecule has 0 saturated heterocycles. The highest BCUT2D eigenvalue weighted by Crippen LogP contribution is 2.26. The van der Waals surface area contributed by atoms with Crippen molar-refractivity contribution in [3.8, 4) is 5.69 Å². The third-order valence-corrected chi connectivity index (χ3v) is 5.25. The zero-order valence-electron chi connectivity index (χ0n) is 16.1. The summed E-state index contributed by atoms with van der Waals surface area (Å²) in [5.41, 5.74) is 3.90. The molecule has 1 aromatic carbocycles. The maximum atomic E-state index is 12.3. The van der Waals surface area contributed by atoms with Crippen LogP contribution < -0.4 is 10.6 Å². The lowest BCUT2D eigenvalue weighted by molar-refractivity contribution is -0.138. The molecule has 0 radical (unpaired) electrons. The summed E-state index contributed by atoms with van der Waals surface area (Å²) in [7, 11) is 0. The maximum absolute atomic E-state index is 12.3. The maximum Gasteiger partial charge on any atom is 0.337 e. The van der Waals surface area contributed by atoms with Crippen LogP contribution in [0.5, 0.6) is 0 Å². The lowest BCUT2D eigenvalue weighted by atomic mass is 10.1. The molecule has 1 aliphatic rings. The van der Waals surface area contributed by atoms with Crippen molar-refractivity contribution in [2.24, 2.45) is 0 Å². The van der Waals surface area contributed by atoms with Gasteiger partial charge < -0.3 is 15.4 Å². The minimum absolute atomic E-state index is 0.258. The van der Waals surface area contributed by atoms with Gasteiger partial charge in [0.05, 0.1) is 23.9 Å². The van der Waals surface area contributed by atoms with Crippen LogP contribution in [-0.4, -0.2) is 50.6 Å². The second-order valence-electron chi connectivity index (χ2n) is 6.34. The standard InChI is InChI=1S/C18H22N6O3S/c1-5-27-16(25)14-12(4)19-17(26)20-13(14)9-28-18-21-22-23-24(18)15-10(2)7-6-8-11(15)3/h6-8,12H,5,9H2,1-4H3,(H2,19,20,26)/t12-/m0/s1. The first-order valence-corrected chi connectivity index (χ1v) is 9.86. The van der Waals surface area contributed by atoms with E-state index in [1.807, 2.05) is 32.0 Å². The number of carbonyl (C=O) groups excluding carboxylic acids is 2. The molecule has 2 N–H and O–H groups in total. The Morgan fingerprint density at radius 1 is 1.32 bits per heavy atom. The predicted molar refractivity (Wildman–Crippen MR) is 104 cm³/mol. The van der Waals surface area contributed by atoms with Crippen molar-refractivity contribution in [2.45, 2.75) is 38.9 Å². The summed E-state index contributed by atoms with van der Waals surface area (Å²) in [5.74, 6) is -0.135. The molecular weight excluding hydrogens is 380 g/mol. The van der Waals surface area contributed by atoms with E-state index in [1.54, 1.807) is 18.5 Å². The molecular formula is C18H22N6O3S. The Morgan fingerprint density at radius 2 is 2.04 bits per heavy atom. The number of hydrogen-bond donors (Lipinski definition) is 2. The smallest absolute Gasteiger partial charge is 0.337 e. The van der Waals surface area contributed by atoms with Crippen molar-refractivity contribution in [1.29, 1.82) is 0 Å². The number of rotatable bonds is 6. The van der Waals surface area contributed by atoms with E-state index in [2.05, 4.69) is 26.2 Å². The molecule has 9 nitrogen and oxygen atoms in total. The second-order valence-corrected chi connectivity index (χ2v) is 7.28. The number of esters is 1. The molecule has 1 atom stereocenters. The van der Waals surface area contributed by atoms with Gasteiger partial charge in [0.1, 0.15) is 0 Å². The molecule has 2 aromatic rings. The first-order chi connectivity index (χ1) is 13.4. The zero-order valence-corrected chi connectivity index (χ0v) is 17.0. The number of nitrogens with zero attached hydrogens (tertiary/aromatic N) is 4. The molecule has 3 rings (SSSR count). The van der Waals surface area contributed by atoms with Crippen molar-refractivity contribution >= 4 is 23.8 Å². The summed E-state index contributed by atoms with van der Waals surface area (Å²) in [6.45, 7) is 7.73. The van der Waals surface area contributed by atoms with Crippen molar-refractivity contribution < 1.29 is 14.3 Å². The number of nitrogens with one attached hydrogen (secondary N) is 2. The van der Waals surface area contributed by atoms with E-state index in [0.717, 1.165) is 16.8 Å². The monoisotopic (exact) mass is 402 g/mol. The highest BCUT2D eigenvalue weighted by Gasteiger charge is 2.30. The highest BCUT2D eigenvalue weighted by molar-refractivity contribution is 7.99. The Morgan fingerprint density at radius 3 is 2.71 bits per heavy atom. The van der Waals surface area contributed by atoms with Crippen molar-refractivity contribution in [3.63, 3.8) is 0 Å². The second kappa shape index (κ2) is 8.42. The van der Waals surface area contributed by atoms with Gasteiger partial charge in [0.15, 0.2) is 0 Å². The summed E-state index contributed by atoms with van der Waals surface area (Å²) in [6, 6.07) is 5.17. The van der Waals surface area contributed by atoms with Gasteiger partial charge in [0.2, 0.25) is 5.16 Å². The average Bonchev–Trinajstić information content (AvgIpc) is 3.07. The molecule has 0 spiro atoms. The summed E-state index contributed by atoms with van der Waals surface area (Å²) in [5, 5.41) is 18.0. The van der Waals surface area contributed by atoms with Crippen molar-refractivity contribution in [1.82, 2.24) is 30.8 Å². The molecule has 148 valence electrons. The van der Waals surface area contributed by atoms with E-state index in [0.29, 0.717) is 22.2 Å². The summed E-state index contributed by atoms with van der Waals surface area (Å²) in [4.78, 5) is 24.2. The highest BCUT2D eigenvalue weighted by atomic mass is 32.2. The largest absolute Gasteiger partial charge is 0.463 e. The van der Waals surface area contributed by atoms with Gasteiger partial charge >= 0.3 is 12.0 Å². The number of carbonyl (C=O) groups is 2. The van der Waals surface area contributed by atoms with Gasteiger partial charge in [0.25, 0.3) is 0 Å². The summed E-state index contributed by atoms with van der Waals surface area (Å²) < 4.78 is 6.81. The zero-order chi connectivity index (χ0) is 20.3. The third-order valence-electron chi connectivity index (χ3n) is 4.30. The summed E-state index contributed by atoms with van der Waals surface area (Å²) in [6.07, 6.45) is 0. The fraction of sp³-hybridized carbons (Fsp3) is 0.389. The first-order valence-electron chi connectivity index (χ1n) is 8.87. The average molecular weight is 402 g/mol. The van der Waals surface area contributed by atoms with Crippen LogP contribution in [0.4, 0.5) is 4.79 Å². The molecule has 0 aliphatic carbocycles. The number of para-hydroxylation sites is 1. The van der Waals surface area contributed by atoms with Crippen molar-refractivity contribution in [3.05, 3.63) is 40.6 Å². The van der Waals surface area contributed by atoms with Gasteiger partial charge in [-0.15, -0.1) is 5.10 Å². The molecule has 0 bridgehead atoms. The van der Waals surface area contributed by atoms with Gasteiger partial charge in [-0.05, 0) is 49.2 Å². The van der Waals surface area contributed by atoms with Crippen LogP contribution in [0.25, 0.3) is 5.69 Å². The van der Waals surface area contributed by atoms with Gasteiger partial charge in [-0.2, -0.15) is 4.68 Å². The normalized spacial score (nSPS) is 16.6. The molecule has 1 aliphatic heterocycles. The van der Waals surface area contributed by atoms with Crippen LogP contribution in [0.2, 0.25) is 0 Å². The van der Waals surface area contributed by atoms with Gasteiger partial charge in [-0.1, -0.05) is 30.0 Å². The molecule has 0 saturated carbocycles. The summed E-state index contributed by atoms with van der Waals surface area (Å²) >= 11 is 1.33. The van der Waals surface area contributed by atoms with Gasteiger partial charge in [0, 0.05) is 11.4 Å². The number of benzene rings is 1. The van der Waals surface area contributed by atoms with Crippen LogP contribution in [0, 0.1) is 13.8 Å². The number of urea groups is 1. The molecule has 0 unspecified atom stereocenters. The Balaban J connectivity index is 1.89. The van der Waals surface area contributed by atoms with E-state index in [1.165, 1.54) is 11.8 Å². The molecule has 0 fully saturated rings. The van der Waals surface area contributed by atoms with Crippen LogP contribution in [0.3, 0.4) is 0 Å². The number of amides is 2. The quantitative estimate of drug-likeness (QED) is 0.561. The topological polar surface area (TPSA) is 111 Å². The minimum atomic E-state index is -0.451. The number of ether oxygens (including phenoxy) is 1. The Hall–Kier alpha value is -2.88. The van der Waals surface area contributed by atoms with Gasteiger partial charge in [-0.25, -0.2) is 9.59 Å². The SMILES string of the molecule is CCOC(=O)C1=C(CSc2nnnn2-c2c(C)cccc2C)NC(=O)N[C@H]1C. The molecule has 28 heavy (non-hydrogen) atoms. The Kier molecular flexibility index (Phi) is 5.98. The lowest BCUT2D eigenvalue weighted by Gasteiger charge is -2.26. The van der Waals surface area contributed by atoms with Crippen LogP contribution in [-0.2, 0) is 9.53 Å². The number of tetrazole rings is 1. The Bertz CT molecular complexity index is 919. The van der Waals surface area contributed by atoms with Crippen molar-refractivity contribution in [2.75, 3.05) is 12.4 Å². The number of aryl methyl sites for hydroxylation is 2. The number of hydrogen-bond acceptors (Lipinski definition) is 7. The minimum Gasteiger partial charge on any atom is -0.463 e. The fourth-order valence-corrected chi connectivity index (χ4v) is 3.92. The van der Waals surface area contributed by atoms with E-state index in [-0.39, 0.29) is 12.6 Å². The Labute approximate surface area is 166 Å².